The highest BCUT2D eigenvalue weighted by Crippen LogP contribution is 2.53. The van der Waals surface area contributed by atoms with Crippen LogP contribution in [-0.4, -0.2) is 72.2 Å². The number of sulfone groups is 1. The molecule has 0 aromatic heterocycles. The molecule has 1 unspecified atom stereocenters. The summed E-state index contributed by atoms with van der Waals surface area (Å²) in [5.74, 6) is -4.01. The highest BCUT2D eigenvalue weighted by molar-refractivity contribution is 7.92. The number of benzene rings is 2. The molecule has 2 saturated carbocycles. The zero-order valence-electron chi connectivity index (χ0n) is 20.6. The van der Waals surface area contributed by atoms with Crippen molar-refractivity contribution < 1.29 is 41.7 Å². The van der Waals surface area contributed by atoms with Crippen LogP contribution in [0.3, 0.4) is 0 Å². The minimum atomic E-state index is -4.07. The van der Waals surface area contributed by atoms with E-state index in [0.29, 0.717) is 19.4 Å². The van der Waals surface area contributed by atoms with Gasteiger partial charge in [0.1, 0.15) is 12.7 Å². The van der Waals surface area contributed by atoms with E-state index in [1.165, 1.54) is 23.1 Å². The van der Waals surface area contributed by atoms with Crippen molar-refractivity contribution in [1.82, 2.24) is 4.90 Å². The number of nitrogens with one attached hydrogen (secondary N) is 1. The van der Waals surface area contributed by atoms with Crippen LogP contribution in [0.15, 0.2) is 41.3 Å². The Labute approximate surface area is 228 Å². The smallest absolute Gasteiger partial charge is 0.410 e. The van der Waals surface area contributed by atoms with E-state index < -0.39 is 62.3 Å². The van der Waals surface area contributed by atoms with E-state index in [2.05, 4.69) is 5.32 Å². The predicted molar refractivity (Wildman–Crippen MR) is 136 cm³/mol. The number of aliphatic hydroxyl groups is 2. The second kappa shape index (κ2) is 10.3. The third-order valence-corrected chi connectivity index (χ3v) is 10.8. The van der Waals surface area contributed by atoms with Crippen molar-refractivity contribution >= 4 is 39.1 Å². The number of hydrogen-bond acceptors (Lipinski definition) is 7. The first kappa shape index (κ1) is 27.8. The normalized spacial score (nSPS) is 27.4. The van der Waals surface area contributed by atoms with Crippen molar-refractivity contribution in [3.05, 3.63) is 58.6 Å². The second-order valence-corrected chi connectivity index (χ2v) is 12.9. The first-order valence-corrected chi connectivity index (χ1v) is 14.5. The number of cyclic esters (lactones) is 1. The number of rotatable bonds is 7. The molecule has 3 N–H and O–H groups in total. The third-order valence-electron chi connectivity index (χ3n) is 8.15. The van der Waals surface area contributed by atoms with Crippen LogP contribution in [0, 0.1) is 23.5 Å². The average Bonchev–Trinajstić information content (AvgIpc) is 3.33. The van der Waals surface area contributed by atoms with Gasteiger partial charge in [-0.2, -0.15) is 0 Å². The Morgan fingerprint density at radius 3 is 2.46 bits per heavy atom. The van der Waals surface area contributed by atoms with Crippen molar-refractivity contribution in [2.45, 2.75) is 47.5 Å². The molecule has 1 saturated heterocycles. The van der Waals surface area contributed by atoms with E-state index in [4.69, 9.17) is 16.3 Å². The molecule has 2 bridgehead atoms. The van der Waals surface area contributed by atoms with Gasteiger partial charge in [0, 0.05) is 17.3 Å². The van der Waals surface area contributed by atoms with E-state index in [-0.39, 0.29) is 47.2 Å². The number of ether oxygens (including phenoxy) is 1. The molecule has 210 valence electrons. The summed E-state index contributed by atoms with van der Waals surface area (Å²) in [7, 11) is -4.07. The first-order valence-electron chi connectivity index (χ1n) is 12.5. The summed E-state index contributed by atoms with van der Waals surface area (Å²) in [4.78, 5) is 25.6. The minimum absolute atomic E-state index is 0.0119. The van der Waals surface area contributed by atoms with Gasteiger partial charge in [-0.1, -0.05) is 11.6 Å². The van der Waals surface area contributed by atoms with Crippen LogP contribution in [0.5, 0.6) is 0 Å². The zero-order valence-corrected chi connectivity index (χ0v) is 22.2. The number of amides is 2. The second-order valence-electron chi connectivity index (χ2n) is 10.3. The molecular formula is C26H27ClF2N2O7S. The van der Waals surface area contributed by atoms with Crippen molar-refractivity contribution in [2.24, 2.45) is 11.8 Å². The van der Waals surface area contributed by atoms with Crippen molar-refractivity contribution in [2.75, 3.05) is 25.0 Å². The lowest BCUT2D eigenvalue weighted by Crippen LogP contribution is -2.58. The van der Waals surface area contributed by atoms with E-state index in [1.807, 2.05) is 0 Å². The van der Waals surface area contributed by atoms with E-state index >= 15 is 0 Å². The van der Waals surface area contributed by atoms with Gasteiger partial charge in [0.15, 0.2) is 21.5 Å². The number of anilines is 1. The number of nitrogens with zero attached hydrogens (tertiary/aromatic N) is 1. The highest BCUT2D eigenvalue weighted by atomic mass is 35.5. The molecule has 13 heteroatoms. The summed E-state index contributed by atoms with van der Waals surface area (Å²) >= 11 is 6.27. The van der Waals surface area contributed by atoms with Gasteiger partial charge in [0.25, 0.3) is 5.91 Å². The van der Waals surface area contributed by atoms with Crippen molar-refractivity contribution in [3.63, 3.8) is 0 Å². The molecule has 3 fully saturated rings. The van der Waals surface area contributed by atoms with Crippen LogP contribution in [0.25, 0.3) is 0 Å². The fourth-order valence-electron chi connectivity index (χ4n) is 6.11. The van der Waals surface area contributed by atoms with Gasteiger partial charge in [-0.25, -0.2) is 22.0 Å². The van der Waals surface area contributed by atoms with Gasteiger partial charge >= 0.3 is 6.09 Å². The molecule has 2 aliphatic carbocycles. The SMILES string of the molecule is O=C(Nc1ccc(F)c(F)c1)c1ccc(Cl)c(S(=O)(=O)[C@@H]2C[C@H]3CC[C@@H](C2)[C@@]3(O)C(O)CN2CCOC2=O)c1. The molecule has 9 nitrogen and oxygen atoms in total. The molecule has 2 amide bonds. The molecule has 39 heavy (non-hydrogen) atoms. The summed E-state index contributed by atoms with van der Waals surface area (Å²) < 4.78 is 59.1. The number of fused-ring (bicyclic) bond motifs is 2. The van der Waals surface area contributed by atoms with Crippen LogP contribution >= 0.6 is 11.6 Å². The number of hydrogen-bond donors (Lipinski definition) is 3. The lowest BCUT2D eigenvalue weighted by atomic mass is 9.71. The van der Waals surface area contributed by atoms with Gasteiger partial charge in [0.2, 0.25) is 0 Å². The standard InChI is InChI=1S/C26H27ClF2N2O7S/c27-19-5-1-14(24(33)30-17-4-6-20(28)21(29)12-17)9-22(19)39(36,37)18-10-15-2-3-16(11-18)26(15,35)23(32)13-31-7-8-38-25(31)34/h1,4-6,9,12,15-16,18,23,32,35H,2-3,7-8,10-11,13H2,(H,30,33)/t15-,16+,18-,23?,26-. The summed E-state index contributed by atoms with van der Waals surface area (Å²) in [6, 6.07) is 6.57. The van der Waals surface area contributed by atoms with Crippen LogP contribution in [0.2, 0.25) is 5.02 Å². The molecule has 0 radical (unpaired) electrons. The molecule has 3 aliphatic rings. The van der Waals surface area contributed by atoms with E-state index in [9.17, 15) is 37.0 Å². The number of halogens is 3. The lowest BCUT2D eigenvalue weighted by Gasteiger charge is -2.45. The van der Waals surface area contributed by atoms with Gasteiger partial charge in [-0.05, 0) is 67.9 Å². The Morgan fingerprint density at radius 1 is 1.15 bits per heavy atom. The Hall–Kier alpha value is -2.80. The maximum Gasteiger partial charge on any atom is 0.410 e. The summed E-state index contributed by atoms with van der Waals surface area (Å²) in [6.07, 6.45) is -0.671. The predicted octanol–water partition coefficient (Wildman–Crippen LogP) is 3.38. The van der Waals surface area contributed by atoms with Gasteiger partial charge < -0.3 is 25.2 Å². The number of carbonyl (C=O) groups is 2. The third kappa shape index (κ3) is 4.99. The molecule has 5 rings (SSSR count). The Kier molecular flexibility index (Phi) is 7.34. The maximum absolute atomic E-state index is 13.7. The topological polar surface area (TPSA) is 133 Å². The number of β-amino-alcohol motifs (C(OH)–C–C–N with tert-alkyl or cyclic N) is 1. The monoisotopic (exact) mass is 584 g/mol. The van der Waals surface area contributed by atoms with Crippen LogP contribution in [0.4, 0.5) is 19.3 Å². The van der Waals surface area contributed by atoms with Crippen LogP contribution in [0.1, 0.15) is 36.0 Å². The van der Waals surface area contributed by atoms with Crippen molar-refractivity contribution in [1.29, 1.82) is 0 Å². The quantitative estimate of drug-likeness (QED) is 0.454. The molecule has 1 heterocycles. The Balaban J connectivity index is 1.34. The van der Waals surface area contributed by atoms with Crippen LogP contribution in [-0.2, 0) is 14.6 Å². The first-order chi connectivity index (χ1) is 18.4. The molecule has 1 aliphatic heterocycles. The number of carbonyl (C=O) groups excluding carboxylic acids is 2. The molecule has 5 atom stereocenters. The van der Waals surface area contributed by atoms with Gasteiger partial charge in [-0.15, -0.1) is 0 Å². The highest BCUT2D eigenvalue weighted by Gasteiger charge is 2.59. The average molecular weight is 585 g/mol. The Morgan fingerprint density at radius 2 is 1.85 bits per heavy atom. The number of aliphatic hydroxyl groups excluding tert-OH is 1. The van der Waals surface area contributed by atoms with Crippen molar-refractivity contribution in [3.8, 4) is 0 Å². The summed E-state index contributed by atoms with van der Waals surface area (Å²) in [5, 5.41) is 23.9. The van der Waals surface area contributed by atoms with Gasteiger partial charge in [-0.3, -0.25) is 4.79 Å². The fraction of sp³-hybridized carbons (Fsp3) is 0.462. The van der Waals surface area contributed by atoms with E-state index in [1.54, 1.807) is 0 Å². The summed E-state index contributed by atoms with van der Waals surface area (Å²) in [6.45, 7) is 0.396. The molecule has 0 spiro atoms. The van der Waals surface area contributed by atoms with Gasteiger partial charge in [0.05, 0.1) is 33.9 Å². The molecule has 2 aromatic rings. The maximum atomic E-state index is 13.7. The fourth-order valence-corrected chi connectivity index (χ4v) is 8.51. The zero-order chi connectivity index (χ0) is 28.1. The van der Waals surface area contributed by atoms with Crippen LogP contribution < -0.4 is 5.32 Å². The van der Waals surface area contributed by atoms with E-state index in [0.717, 1.165) is 18.2 Å². The largest absolute Gasteiger partial charge is 0.448 e. The lowest BCUT2D eigenvalue weighted by molar-refractivity contribution is -0.145. The summed E-state index contributed by atoms with van der Waals surface area (Å²) in [5.41, 5.74) is -1.61. The Bertz CT molecular complexity index is 1410. The minimum Gasteiger partial charge on any atom is -0.448 e. The molecular weight excluding hydrogens is 558 g/mol. The molecule has 2 aromatic carbocycles.